The predicted octanol–water partition coefficient (Wildman–Crippen LogP) is 0.313. The Balaban J connectivity index is 1.89. The molecule has 2 rings (SSSR count). The Hall–Kier alpha value is -1.63. The fourth-order valence-corrected chi connectivity index (χ4v) is 2.79. The van der Waals surface area contributed by atoms with Crippen LogP contribution in [0, 0.1) is 0 Å². The first kappa shape index (κ1) is 16.7. The van der Waals surface area contributed by atoms with E-state index in [0.29, 0.717) is 13.2 Å². The van der Waals surface area contributed by atoms with Crippen molar-refractivity contribution in [3.8, 4) is 5.75 Å². The van der Waals surface area contributed by atoms with Gasteiger partial charge in [0.15, 0.2) is 0 Å². The van der Waals surface area contributed by atoms with Gasteiger partial charge >= 0.3 is 0 Å². The van der Waals surface area contributed by atoms with Gasteiger partial charge in [-0.2, -0.15) is 0 Å². The quantitative estimate of drug-likeness (QED) is 0.785. The molecule has 1 aromatic carbocycles. The Morgan fingerprint density at radius 1 is 1.50 bits per heavy atom. The maximum atomic E-state index is 10.9. The Labute approximate surface area is 131 Å². The third-order valence-corrected chi connectivity index (χ3v) is 3.75. The minimum absolute atomic E-state index is 0.0906. The number of benzene rings is 1. The minimum atomic E-state index is -0.316. The van der Waals surface area contributed by atoms with E-state index >= 15 is 0 Å². The molecule has 22 heavy (non-hydrogen) atoms. The first-order chi connectivity index (χ1) is 10.6. The van der Waals surface area contributed by atoms with Crippen molar-refractivity contribution in [2.24, 2.45) is 5.73 Å². The summed E-state index contributed by atoms with van der Waals surface area (Å²) in [6.45, 7) is 4.22. The van der Waals surface area contributed by atoms with E-state index in [1.807, 2.05) is 30.1 Å². The van der Waals surface area contributed by atoms with E-state index in [-0.39, 0.29) is 18.6 Å². The molecule has 122 valence electrons. The number of nitrogens with two attached hydrogens (primary N) is 1. The summed E-state index contributed by atoms with van der Waals surface area (Å²) in [5.74, 6) is 0.598. The number of morpholine rings is 1. The van der Waals surface area contributed by atoms with E-state index in [4.69, 9.17) is 15.2 Å². The Bertz CT molecular complexity index is 495. The van der Waals surface area contributed by atoms with Crippen molar-refractivity contribution in [3.63, 3.8) is 0 Å². The number of nitrogens with zero attached hydrogens (tertiary/aromatic N) is 2. The Kier molecular flexibility index (Phi) is 6.18. The number of ether oxygens (including phenoxy) is 2. The first-order valence-corrected chi connectivity index (χ1v) is 7.51. The molecule has 1 heterocycles. The standard InChI is InChI=1S/C16H25N3O3/c1-18(12-16(17)20)10-14-11-19(7-8-22-14)9-13-5-3-4-6-15(13)21-2/h3-6,14H,7-12H2,1-2H3,(H2,17,20)/t14-/m0/s1. The van der Waals surface area contributed by atoms with Crippen LogP contribution < -0.4 is 10.5 Å². The molecule has 0 aliphatic carbocycles. The number of primary amides is 1. The van der Waals surface area contributed by atoms with Crippen molar-refractivity contribution >= 4 is 5.91 Å². The van der Waals surface area contributed by atoms with Gasteiger partial charge in [-0.3, -0.25) is 14.6 Å². The van der Waals surface area contributed by atoms with Crippen molar-refractivity contribution in [1.29, 1.82) is 0 Å². The Morgan fingerprint density at radius 2 is 2.27 bits per heavy atom. The summed E-state index contributed by atoms with van der Waals surface area (Å²) in [6, 6.07) is 8.07. The van der Waals surface area contributed by atoms with Crippen molar-refractivity contribution < 1.29 is 14.3 Å². The molecular weight excluding hydrogens is 282 g/mol. The lowest BCUT2D eigenvalue weighted by molar-refractivity contribution is -0.119. The highest BCUT2D eigenvalue weighted by molar-refractivity contribution is 5.75. The van der Waals surface area contributed by atoms with Crippen molar-refractivity contribution in [2.45, 2.75) is 12.6 Å². The highest BCUT2D eigenvalue weighted by atomic mass is 16.5. The molecule has 0 saturated carbocycles. The highest BCUT2D eigenvalue weighted by Crippen LogP contribution is 2.20. The summed E-state index contributed by atoms with van der Waals surface area (Å²) in [5, 5.41) is 0. The fraction of sp³-hybridized carbons (Fsp3) is 0.562. The number of amides is 1. The molecule has 1 amide bonds. The molecule has 0 radical (unpaired) electrons. The van der Waals surface area contributed by atoms with Gasteiger partial charge in [0.05, 0.1) is 26.4 Å². The molecule has 1 atom stereocenters. The molecule has 0 spiro atoms. The second kappa shape index (κ2) is 8.12. The third kappa shape index (κ3) is 4.98. The number of carbonyl (C=O) groups excluding carboxylic acids is 1. The zero-order valence-corrected chi connectivity index (χ0v) is 13.3. The fourth-order valence-electron chi connectivity index (χ4n) is 2.79. The van der Waals surface area contributed by atoms with E-state index < -0.39 is 0 Å². The van der Waals surface area contributed by atoms with E-state index in [1.165, 1.54) is 5.56 Å². The molecule has 1 saturated heterocycles. The lowest BCUT2D eigenvalue weighted by Crippen LogP contribution is -2.47. The lowest BCUT2D eigenvalue weighted by atomic mass is 10.1. The molecule has 6 heteroatoms. The maximum Gasteiger partial charge on any atom is 0.231 e. The molecule has 1 aromatic rings. The van der Waals surface area contributed by atoms with Crippen LogP contribution in [0.1, 0.15) is 5.56 Å². The monoisotopic (exact) mass is 307 g/mol. The number of likely N-dealkylation sites (N-methyl/N-ethyl adjacent to an activating group) is 1. The average Bonchev–Trinajstić information content (AvgIpc) is 2.47. The number of hydrogen-bond acceptors (Lipinski definition) is 5. The normalized spacial score (nSPS) is 19.3. The minimum Gasteiger partial charge on any atom is -0.496 e. The molecular formula is C16H25N3O3. The van der Waals surface area contributed by atoms with E-state index in [1.54, 1.807) is 7.11 Å². The van der Waals surface area contributed by atoms with Gasteiger partial charge in [0, 0.05) is 31.7 Å². The Morgan fingerprint density at radius 3 is 3.00 bits per heavy atom. The number of methoxy groups -OCH3 is 1. The summed E-state index contributed by atoms with van der Waals surface area (Å²) in [7, 11) is 3.58. The van der Waals surface area contributed by atoms with Crippen LogP contribution >= 0.6 is 0 Å². The van der Waals surface area contributed by atoms with E-state index in [9.17, 15) is 4.79 Å². The van der Waals surface area contributed by atoms with Crippen LogP contribution in [0.3, 0.4) is 0 Å². The summed E-state index contributed by atoms with van der Waals surface area (Å²) < 4.78 is 11.2. The number of para-hydroxylation sites is 1. The molecule has 0 unspecified atom stereocenters. The zero-order valence-electron chi connectivity index (χ0n) is 13.3. The van der Waals surface area contributed by atoms with Gasteiger partial charge in [-0.15, -0.1) is 0 Å². The second-order valence-corrected chi connectivity index (χ2v) is 5.70. The maximum absolute atomic E-state index is 10.9. The van der Waals surface area contributed by atoms with Crippen LogP contribution in [0.25, 0.3) is 0 Å². The number of carbonyl (C=O) groups is 1. The first-order valence-electron chi connectivity index (χ1n) is 7.51. The molecule has 6 nitrogen and oxygen atoms in total. The molecule has 2 N–H and O–H groups in total. The van der Waals surface area contributed by atoms with Gasteiger partial charge in [0.25, 0.3) is 0 Å². The summed E-state index contributed by atoms with van der Waals surface area (Å²) in [6.07, 6.45) is 0.0906. The van der Waals surface area contributed by atoms with Crippen LogP contribution in [0.4, 0.5) is 0 Å². The largest absolute Gasteiger partial charge is 0.496 e. The second-order valence-electron chi connectivity index (χ2n) is 5.70. The van der Waals surface area contributed by atoms with Crippen LogP contribution in [0.15, 0.2) is 24.3 Å². The lowest BCUT2D eigenvalue weighted by Gasteiger charge is -2.34. The zero-order chi connectivity index (χ0) is 15.9. The number of hydrogen-bond donors (Lipinski definition) is 1. The third-order valence-electron chi connectivity index (χ3n) is 3.75. The van der Waals surface area contributed by atoms with E-state index in [2.05, 4.69) is 11.0 Å². The van der Waals surface area contributed by atoms with Crippen LogP contribution in [0.5, 0.6) is 5.75 Å². The summed E-state index contributed by atoms with van der Waals surface area (Å²) >= 11 is 0. The highest BCUT2D eigenvalue weighted by Gasteiger charge is 2.22. The summed E-state index contributed by atoms with van der Waals surface area (Å²) in [5.41, 5.74) is 6.39. The molecule has 1 fully saturated rings. The van der Waals surface area contributed by atoms with Crippen molar-refractivity contribution in [3.05, 3.63) is 29.8 Å². The average molecular weight is 307 g/mol. The summed E-state index contributed by atoms with van der Waals surface area (Å²) in [4.78, 5) is 15.2. The number of rotatable bonds is 7. The van der Waals surface area contributed by atoms with Gasteiger partial charge in [-0.05, 0) is 13.1 Å². The van der Waals surface area contributed by atoms with Gasteiger partial charge in [-0.25, -0.2) is 0 Å². The topological polar surface area (TPSA) is 68.0 Å². The molecule has 0 aromatic heterocycles. The predicted molar refractivity (Wildman–Crippen MR) is 84.7 cm³/mol. The van der Waals surface area contributed by atoms with Crippen LogP contribution in [0.2, 0.25) is 0 Å². The van der Waals surface area contributed by atoms with Crippen LogP contribution in [-0.2, 0) is 16.1 Å². The molecule has 1 aliphatic heterocycles. The van der Waals surface area contributed by atoms with Crippen LogP contribution in [-0.4, -0.2) is 68.8 Å². The van der Waals surface area contributed by atoms with Gasteiger partial charge < -0.3 is 15.2 Å². The van der Waals surface area contributed by atoms with Gasteiger partial charge in [0.2, 0.25) is 5.91 Å². The molecule has 1 aliphatic rings. The van der Waals surface area contributed by atoms with Crippen molar-refractivity contribution in [1.82, 2.24) is 9.80 Å². The van der Waals surface area contributed by atoms with E-state index in [0.717, 1.165) is 25.4 Å². The molecule has 0 bridgehead atoms. The smallest absolute Gasteiger partial charge is 0.231 e. The van der Waals surface area contributed by atoms with Gasteiger partial charge in [0.1, 0.15) is 5.75 Å². The van der Waals surface area contributed by atoms with Crippen molar-refractivity contribution in [2.75, 3.05) is 46.9 Å². The van der Waals surface area contributed by atoms with Gasteiger partial charge in [-0.1, -0.05) is 18.2 Å². The SMILES string of the molecule is COc1ccccc1CN1CCO[C@@H](CN(C)CC(N)=O)C1.